The van der Waals surface area contributed by atoms with E-state index < -0.39 is 0 Å². The fourth-order valence-corrected chi connectivity index (χ4v) is 3.58. The molecule has 1 N–H and O–H groups in total. The van der Waals surface area contributed by atoms with Crippen LogP contribution >= 0.6 is 0 Å². The minimum Gasteiger partial charge on any atom is -0.311 e. The quantitative estimate of drug-likeness (QED) is 0.894. The molecule has 2 unspecified atom stereocenters. The SMILES string of the molecule is CCCC1CN(Cc2ccccn2)C(C)(C2CC2)CN1. The summed E-state index contributed by atoms with van der Waals surface area (Å²) in [5.41, 5.74) is 1.53. The maximum atomic E-state index is 4.53. The first kappa shape index (κ1) is 14.0. The summed E-state index contributed by atoms with van der Waals surface area (Å²) in [5.74, 6) is 0.876. The molecular weight excluding hydrogens is 246 g/mol. The fraction of sp³-hybridized carbons (Fsp3) is 0.706. The monoisotopic (exact) mass is 273 g/mol. The Hall–Kier alpha value is -0.930. The van der Waals surface area contributed by atoms with E-state index in [1.54, 1.807) is 0 Å². The largest absolute Gasteiger partial charge is 0.311 e. The molecule has 1 aromatic rings. The highest BCUT2D eigenvalue weighted by Gasteiger charge is 2.48. The van der Waals surface area contributed by atoms with Gasteiger partial charge in [0.25, 0.3) is 0 Å². The van der Waals surface area contributed by atoms with E-state index in [1.807, 2.05) is 12.3 Å². The number of hydrogen-bond donors (Lipinski definition) is 1. The molecular formula is C17H27N3. The molecule has 1 aliphatic carbocycles. The number of nitrogens with zero attached hydrogens (tertiary/aromatic N) is 2. The predicted molar refractivity (Wildman–Crippen MR) is 82.5 cm³/mol. The van der Waals surface area contributed by atoms with E-state index in [-0.39, 0.29) is 0 Å². The van der Waals surface area contributed by atoms with Crippen molar-refractivity contribution < 1.29 is 0 Å². The van der Waals surface area contributed by atoms with Gasteiger partial charge in [-0.15, -0.1) is 0 Å². The number of piperazine rings is 1. The molecule has 2 heterocycles. The Morgan fingerprint density at radius 1 is 1.40 bits per heavy atom. The molecule has 1 saturated carbocycles. The molecule has 2 aliphatic rings. The Morgan fingerprint density at radius 2 is 2.25 bits per heavy atom. The average molecular weight is 273 g/mol. The molecule has 0 spiro atoms. The molecule has 1 saturated heterocycles. The summed E-state index contributed by atoms with van der Waals surface area (Å²) in [6, 6.07) is 6.91. The maximum Gasteiger partial charge on any atom is 0.0544 e. The Balaban J connectivity index is 1.74. The highest BCUT2D eigenvalue weighted by atomic mass is 15.3. The summed E-state index contributed by atoms with van der Waals surface area (Å²) < 4.78 is 0. The summed E-state index contributed by atoms with van der Waals surface area (Å²) in [7, 11) is 0. The lowest BCUT2D eigenvalue weighted by molar-refractivity contribution is 0.0250. The minimum atomic E-state index is 0.321. The molecule has 1 aliphatic heterocycles. The number of rotatable bonds is 5. The minimum absolute atomic E-state index is 0.321. The van der Waals surface area contributed by atoms with Gasteiger partial charge in [0, 0.05) is 37.4 Å². The zero-order valence-corrected chi connectivity index (χ0v) is 12.8. The summed E-state index contributed by atoms with van der Waals surface area (Å²) in [6.07, 6.45) is 7.24. The van der Waals surface area contributed by atoms with Crippen LogP contribution in [0.3, 0.4) is 0 Å². The van der Waals surface area contributed by atoms with E-state index in [2.05, 4.69) is 41.2 Å². The van der Waals surface area contributed by atoms with Crippen molar-refractivity contribution in [2.45, 2.75) is 57.7 Å². The first-order chi connectivity index (χ1) is 9.72. The van der Waals surface area contributed by atoms with E-state index >= 15 is 0 Å². The van der Waals surface area contributed by atoms with Gasteiger partial charge in [-0.3, -0.25) is 9.88 Å². The molecule has 3 nitrogen and oxygen atoms in total. The normalized spacial score (nSPS) is 31.4. The van der Waals surface area contributed by atoms with E-state index in [4.69, 9.17) is 0 Å². The van der Waals surface area contributed by atoms with Crippen molar-refractivity contribution in [2.75, 3.05) is 13.1 Å². The highest BCUT2D eigenvalue weighted by Crippen LogP contribution is 2.44. The lowest BCUT2D eigenvalue weighted by Gasteiger charge is -2.48. The van der Waals surface area contributed by atoms with E-state index in [0.717, 1.165) is 25.6 Å². The van der Waals surface area contributed by atoms with Gasteiger partial charge in [-0.05, 0) is 44.2 Å². The van der Waals surface area contributed by atoms with Gasteiger partial charge < -0.3 is 5.32 Å². The Bertz CT molecular complexity index is 429. The van der Waals surface area contributed by atoms with Crippen molar-refractivity contribution in [3.8, 4) is 0 Å². The number of pyridine rings is 1. The molecule has 0 aromatic carbocycles. The second kappa shape index (κ2) is 5.82. The average Bonchev–Trinajstić information content (AvgIpc) is 3.29. The highest BCUT2D eigenvalue weighted by molar-refractivity contribution is 5.09. The lowest BCUT2D eigenvalue weighted by atomic mass is 9.88. The van der Waals surface area contributed by atoms with Crippen LogP contribution in [0.15, 0.2) is 24.4 Å². The molecule has 0 amide bonds. The van der Waals surface area contributed by atoms with E-state index in [0.29, 0.717) is 11.6 Å². The Labute approximate surface area is 122 Å². The van der Waals surface area contributed by atoms with Crippen LogP contribution in [0.1, 0.15) is 45.2 Å². The van der Waals surface area contributed by atoms with Crippen LogP contribution in [0.25, 0.3) is 0 Å². The molecule has 2 fully saturated rings. The van der Waals surface area contributed by atoms with Crippen molar-refractivity contribution in [3.63, 3.8) is 0 Å². The number of aromatic nitrogens is 1. The summed E-state index contributed by atoms with van der Waals surface area (Å²) in [6.45, 7) is 8.02. The Morgan fingerprint density at radius 3 is 2.90 bits per heavy atom. The van der Waals surface area contributed by atoms with Crippen LogP contribution in [-0.2, 0) is 6.54 Å². The van der Waals surface area contributed by atoms with Gasteiger partial charge in [-0.2, -0.15) is 0 Å². The van der Waals surface area contributed by atoms with Gasteiger partial charge in [-0.1, -0.05) is 19.4 Å². The van der Waals surface area contributed by atoms with Crippen LogP contribution < -0.4 is 5.32 Å². The van der Waals surface area contributed by atoms with Gasteiger partial charge in [0.05, 0.1) is 5.69 Å². The molecule has 2 atom stereocenters. The molecule has 0 bridgehead atoms. The van der Waals surface area contributed by atoms with Crippen LogP contribution in [0, 0.1) is 5.92 Å². The van der Waals surface area contributed by atoms with Crippen molar-refractivity contribution in [3.05, 3.63) is 30.1 Å². The van der Waals surface area contributed by atoms with Gasteiger partial charge in [-0.25, -0.2) is 0 Å². The van der Waals surface area contributed by atoms with Crippen LogP contribution in [0.4, 0.5) is 0 Å². The molecule has 1 aromatic heterocycles. The first-order valence-electron chi connectivity index (χ1n) is 8.10. The third-order valence-electron chi connectivity index (χ3n) is 5.08. The van der Waals surface area contributed by atoms with E-state index in [9.17, 15) is 0 Å². The molecule has 3 heteroatoms. The zero-order valence-electron chi connectivity index (χ0n) is 12.8. The van der Waals surface area contributed by atoms with Crippen molar-refractivity contribution in [1.29, 1.82) is 0 Å². The maximum absolute atomic E-state index is 4.53. The van der Waals surface area contributed by atoms with Crippen molar-refractivity contribution in [1.82, 2.24) is 15.2 Å². The molecule has 0 radical (unpaired) electrons. The van der Waals surface area contributed by atoms with Gasteiger partial charge >= 0.3 is 0 Å². The summed E-state index contributed by atoms with van der Waals surface area (Å²) in [5, 5.41) is 3.79. The van der Waals surface area contributed by atoms with Crippen LogP contribution in [0.5, 0.6) is 0 Å². The topological polar surface area (TPSA) is 28.2 Å². The third kappa shape index (κ3) is 2.89. The third-order valence-corrected chi connectivity index (χ3v) is 5.08. The fourth-order valence-electron chi connectivity index (χ4n) is 3.58. The molecule has 20 heavy (non-hydrogen) atoms. The predicted octanol–water partition coefficient (Wildman–Crippen LogP) is 2.82. The van der Waals surface area contributed by atoms with E-state index in [1.165, 1.54) is 31.4 Å². The molecule has 3 rings (SSSR count). The molecule has 110 valence electrons. The standard InChI is InChI=1S/C17H27N3/c1-3-6-15-11-20(12-16-7-4-5-10-18-16)17(2,13-19-15)14-8-9-14/h4-5,7,10,14-15,19H,3,6,8-9,11-13H2,1-2H3. The van der Waals surface area contributed by atoms with Gasteiger partial charge in [0.15, 0.2) is 0 Å². The second-order valence-electron chi connectivity index (χ2n) is 6.70. The summed E-state index contributed by atoms with van der Waals surface area (Å²) in [4.78, 5) is 7.23. The Kier molecular flexibility index (Phi) is 4.08. The van der Waals surface area contributed by atoms with Crippen LogP contribution in [0.2, 0.25) is 0 Å². The van der Waals surface area contributed by atoms with Crippen LogP contribution in [-0.4, -0.2) is 34.6 Å². The lowest BCUT2D eigenvalue weighted by Crippen LogP contribution is -2.64. The van der Waals surface area contributed by atoms with Crippen molar-refractivity contribution in [2.24, 2.45) is 5.92 Å². The number of hydrogen-bond acceptors (Lipinski definition) is 3. The first-order valence-corrected chi connectivity index (χ1v) is 8.10. The zero-order chi connectivity index (χ0) is 14.0. The van der Waals surface area contributed by atoms with Gasteiger partial charge in [0.2, 0.25) is 0 Å². The number of nitrogens with one attached hydrogen (secondary N) is 1. The summed E-state index contributed by atoms with van der Waals surface area (Å²) >= 11 is 0. The second-order valence-corrected chi connectivity index (χ2v) is 6.70. The van der Waals surface area contributed by atoms with Crippen molar-refractivity contribution >= 4 is 0 Å². The smallest absolute Gasteiger partial charge is 0.0544 e. The van der Waals surface area contributed by atoms with Gasteiger partial charge in [0.1, 0.15) is 0 Å².